The summed E-state index contributed by atoms with van der Waals surface area (Å²) in [6.07, 6.45) is 1.03. The van der Waals surface area contributed by atoms with Crippen molar-refractivity contribution in [3.05, 3.63) is 0 Å². The fraction of sp³-hybridized carbons (Fsp3) is 0.727. The summed E-state index contributed by atoms with van der Waals surface area (Å²) < 4.78 is 10.1. The van der Waals surface area contributed by atoms with E-state index in [0.29, 0.717) is 12.5 Å². The summed E-state index contributed by atoms with van der Waals surface area (Å²) in [7, 11) is 3.04. The van der Waals surface area contributed by atoms with Crippen LogP contribution in [0.15, 0.2) is 0 Å². The van der Waals surface area contributed by atoms with Crippen molar-refractivity contribution in [1.29, 1.82) is 0 Å². The van der Waals surface area contributed by atoms with Gasteiger partial charge >= 0.3 is 12.0 Å². The second-order valence-corrected chi connectivity index (χ2v) is 4.80. The lowest BCUT2D eigenvalue weighted by atomic mass is 9.90. The van der Waals surface area contributed by atoms with Gasteiger partial charge < -0.3 is 20.1 Å². The predicted molar refractivity (Wildman–Crippen MR) is 66.9 cm³/mol. The third kappa shape index (κ3) is 2.45. The molecule has 0 aromatic carbocycles. The van der Waals surface area contributed by atoms with Crippen molar-refractivity contribution in [2.45, 2.75) is 13.3 Å². The molecule has 0 aliphatic carbocycles. The van der Waals surface area contributed by atoms with Gasteiger partial charge in [0.1, 0.15) is 0 Å². The number of ether oxygens (including phenoxy) is 2. The van der Waals surface area contributed by atoms with Gasteiger partial charge in [-0.25, -0.2) is 0 Å². The fourth-order valence-electron chi connectivity index (χ4n) is 2.01. The topological polar surface area (TPSA) is 86.4 Å². The molecule has 0 bridgehead atoms. The number of nitrogens with two attached hydrogens (primary N) is 1. The summed E-state index contributed by atoms with van der Waals surface area (Å²) in [5.41, 5.74) is 5.91. The van der Waals surface area contributed by atoms with E-state index >= 15 is 0 Å². The molecule has 7 nitrogen and oxygen atoms in total. The lowest BCUT2D eigenvalue weighted by Crippen LogP contribution is -2.32. The molecule has 1 unspecified atom stereocenters. The Kier molecular flexibility index (Phi) is 3.51. The first-order valence-corrected chi connectivity index (χ1v) is 5.89. The molecule has 0 radical (unpaired) electrons. The molecule has 1 aliphatic rings. The molecule has 1 aromatic rings. The summed E-state index contributed by atoms with van der Waals surface area (Å²) in [5, 5.41) is 0. The number of hydrogen-bond donors (Lipinski definition) is 1. The van der Waals surface area contributed by atoms with Crippen molar-refractivity contribution >= 4 is 5.95 Å². The van der Waals surface area contributed by atoms with Crippen LogP contribution in [0.3, 0.4) is 0 Å². The predicted octanol–water partition coefficient (Wildman–Crippen LogP) is 0.0639. The van der Waals surface area contributed by atoms with Crippen molar-refractivity contribution in [2.75, 3.05) is 38.8 Å². The van der Waals surface area contributed by atoms with E-state index < -0.39 is 0 Å². The van der Waals surface area contributed by atoms with E-state index in [1.807, 2.05) is 0 Å². The van der Waals surface area contributed by atoms with Gasteiger partial charge in [-0.1, -0.05) is 6.92 Å². The Bertz CT molecular complexity index is 406. The Balaban J connectivity index is 2.23. The maximum Gasteiger partial charge on any atom is 0.324 e. The van der Waals surface area contributed by atoms with Crippen molar-refractivity contribution in [1.82, 2.24) is 15.0 Å². The molecule has 2 rings (SSSR count). The zero-order valence-electron chi connectivity index (χ0n) is 11.0. The highest BCUT2D eigenvalue weighted by Crippen LogP contribution is 2.31. The third-order valence-electron chi connectivity index (χ3n) is 3.28. The lowest BCUT2D eigenvalue weighted by Gasteiger charge is -2.22. The van der Waals surface area contributed by atoms with Gasteiger partial charge in [0.2, 0.25) is 5.95 Å². The van der Waals surface area contributed by atoms with Gasteiger partial charge in [-0.2, -0.15) is 9.97 Å². The molecule has 1 saturated heterocycles. The second kappa shape index (κ2) is 4.93. The summed E-state index contributed by atoms with van der Waals surface area (Å²) in [5.74, 6) is 0.580. The Morgan fingerprint density at radius 2 is 1.83 bits per heavy atom. The molecule has 0 spiro atoms. The minimum Gasteiger partial charge on any atom is -0.467 e. The molecule has 1 aromatic heterocycles. The van der Waals surface area contributed by atoms with Crippen LogP contribution in [0.25, 0.3) is 0 Å². The minimum atomic E-state index is 0.118. The SMILES string of the molecule is COc1nc(OC)nc(N2CCC(C)(CN)C2)n1. The van der Waals surface area contributed by atoms with Gasteiger partial charge in [-0.3, -0.25) is 0 Å². The van der Waals surface area contributed by atoms with Gasteiger partial charge in [0.05, 0.1) is 14.2 Å². The smallest absolute Gasteiger partial charge is 0.324 e. The summed E-state index contributed by atoms with van der Waals surface area (Å²) in [6.45, 7) is 4.54. The van der Waals surface area contributed by atoms with E-state index in [9.17, 15) is 0 Å². The molecule has 1 atom stereocenters. The van der Waals surface area contributed by atoms with Crippen LogP contribution in [-0.2, 0) is 0 Å². The van der Waals surface area contributed by atoms with Crippen molar-refractivity contribution < 1.29 is 9.47 Å². The molecule has 18 heavy (non-hydrogen) atoms. The average Bonchev–Trinajstić information content (AvgIpc) is 2.81. The molecular formula is C11H19N5O2. The van der Waals surface area contributed by atoms with Crippen molar-refractivity contribution in [3.8, 4) is 12.0 Å². The van der Waals surface area contributed by atoms with Gasteiger partial charge in [0, 0.05) is 13.1 Å². The second-order valence-electron chi connectivity index (χ2n) is 4.80. The van der Waals surface area contributed by atoms with Crippen LogP contribution in [0, 0.1) is 5.41 Å². The molecule has 100 valence electrons. The van der Waals surface area contributed by atoms with E-state index in [-0.39, 0.29) is 17.4 Å². The van der Waals surface area contributed by atoms with E-state index in [1.54, 1.807) is 0 Å². The molecule has 1 aliphatic heterocycles. The number of aromatic nitrogens is 3. The normalized spacial score (nSPS) is 23.2. The summed E-state index contributed by atoms with van der Waals surface area (Å²) in [4.78, 5) is 14.5. The molecular weight excluding hydrogens is 234 g/mol. The Morgan fingerprint density at radius 3 is 2.28 bits per heavy atom. The van der Waals surface area contributed by atoms with E-state index in [1.165, 1.54) is 14.2 Å². The van der Waals surface area contributed by atoms with Crippen LogP contribution in [0.2, 0.25) is 0 Å². The van der Waals surface area contributed by atoms with Crippen LogP contribution in [-0.4, -0.2) is 48.8 Å². The van der Waals surface area contributed by atoms with Crippen LogP contribution in [0.4, 0.5) is 5.95 Å². The first-order valence-electron chi connectivity index (χ1n) is 5.89. The highest BCUT2D eigenvalue weighted by atomic mass is 16.5. The number of anilines is 1. The summed E-state index contributed by atoms with van der Waals surface area (Å²) in [6, 6.07) is 0.524. The van der Waals surface area contributed by atoms with E-state index in [4.69, 9.17) is 15.2 Å². The fourth-order valence-corrected chi connectivity index (χ4v) is 2.01. The monoisotopic (exact) mass is 253 g/mol. The third-order valence-corrected chi connectivity index (χ3v) is 3.28. The largest absolute Gasteiger partial charge is 0.467 e. The molecule has 0 amide bonds. The molecule has 0 saturated carbocycles. The highest BCUT2D eigenvalue weighted by molar-refractivity contribution is 5.34. The number of nitrogens with zero attached hydrogens (tertiary/aromatic N) is 4. The zero-order chi connectivity index (χ0) is 13.2. The Hall–Kier alpha value is -1.63. The van der Waals surface area contributed by atoms with Gasteiger partial charge in [0.25, 0.3) is 0 Å². The Morgan fingerprint density at radius 1 is 1.22 bits per heavy atom. The van der Waals surface area contributed by atoms with Gasteiger partial charge in [-0.05, 0) is 18.4 Å². The zero-order valence-corrected chi connectivity index (χ0v) is 11.0. The molecule has 2 N–H and O–H groups in total. The van der Waals surface area contributed by atoms with E-state index in [2.05, 4.69) is 26.8 Å². The first-order chi connectivity index (χ1) is 8.60. The highest BCUT2D eigenvalue weighted by Gasteiger charge is 2.34. The molecule has 1 fully saturated rings. The maximum atomic E-state index is 5.79. The molecule has 7 heteroatoms. The van der Waals surface area contributed by atoms with Gasteiger partial charge in [-0.15, -0.1) is 4.98 Å². The van der Waals surface area contributed by atoms with Crippen LogP contribution < -0.4 is 20.1 Å². The lowest BCUT2D eigenvalue weighted by molar-refractivity contribution is 0.339. The average molecular weight is 253 g/mol. The van der Waals surface area contributed by atoms with Crippen molar-refractivity contribution in [2.24, 2.45) is 11.1 Å². The minimum absolute atomic E-state index is 0.118. The number of methoxy groups -OCH3 is 2. The van der Waals surface area contributed by atoms with Crippen LogP contribution in [0.1, 0.15) is 13.3 Å². The quantitative estimate of drug-likeness (QED) is 0.812. The van der Waals surface area contributed by atoms with Crippen molar-refractivity contribution in [3.63, 3.8) is 0 Å². The van der Waals surface area contributed by atoms with Crippen LogP contribution >= 0.6 is 0 Å². The molecule has 2 heterocycles. The van der Waals surface area contributed by atoms with Crippen LogP contribution in [0.5, 0.6) is 12.0 Å². The number of rotatable bonds is 4. The summed E-state index contributed by atoms with van der Waals surface area (Å²) >= 11 is 0. The first kappa shape index (κ1) is 12.8. The number of hydrogen-bond acceptors (Lipinski definition) is 7. The maximum absolute atomic E-state index is 5.79. The standard InChI is InChI=1S/C11H19N5O2/c1-11(6-12)4-5-16(7-11)8-13-9(17-2)15-10(14-8)18-3/h4-7,12H2,1-3H3. The van der Waals surface area contributed by atoms with E-state index in [0.717, 1.165) is 19.5 Å². The Labute approximate surface area is 106 Å². The van der Waals surface area contributed by atoms with Gasteiger partial charge in [0.15, 0.2) is 0 Å².